The predicted octanol–water partition coefficient (Wildman–Crippen LogP) is -7.35. The van der Waals surface area contributed by atoms with E-state index in [2.05, 4.69) is 79.4 Å². The van der Waals surface area contributed by atoms with Crippen LogP contribution in [0, 0.1) is 5.41 Å². The van der Waals surface area contributed by atoms with E-state index in [1.165, 1.54) is 61.7 Å². The number of carbonyl (C=O) groups excluding carboxylic acids is 15. The summed E-state index contributed by atoms with van der Waals surface area (Å²) in [7, 11) is 0.974. The Hall–Kier alpha value is -13.1. The van der Waals surface area contributed by atoms with Gasteiger partial charge in [-0.25, -0.2) is 4.79 Å². The summed E-state index contributed by atoms with van der Waals surface area (Å²) < 4.78 is 4.79. The van der Waals surface area contributed by atoms with Crippen molar-refractivity contribution in [3.8, 4) is 11.5 Å². The molecule has 0 bridgehead atoms. The summed E-state index contributed by atoms with van der Waals surface area (Å²) in [6, 6.07) is -7.61. The number of methoxy groups -OCH3 is 1. The monoisotopic (exact) mass is 1680 g/mol. The molecule has 2 aliphatic rings. The second-order valence-corrected chi connectivity index (χ2v) is 28.8. The van der Waals surface area contributed by atoms with E-state index in [4.69, 9.17) is 15.9 Å². The molecule has 654 valence electrons. The van der Waals surface area contributed by atoms with Crippen LogP contribution >= 0.6 is 0 Å². The number of nitrogens with one attached hydrogen (secondary N) is 16. The third-order valence-corrected chi connectivity index (χ3v) is 19.4. The molecule has 2 aliphatic heterocycles. The van der Waals surface area contributed by atoms with Crippen LogP contribution < -0.4 is 80.2 Å². The van der Waals surface area contributed by atoms with Gasteiger partial charge in [0.15, 0.2) is 12.1 Å². The molecule has 2 saturated heterocycles. The van der Waals surface area contributed by atoms with E-state index in [1.54, 1.807) is 24.3 Å². The number of aliphatic hydroxyl groups excluding tert-OH is 4. The Morgan fingerprint density at radius 2 is 1.21 bits per heavy atom. The normalized spacial score (nSPS) is 21.9. The topological polar surface area (TPSA) is 699 Å². The fourth-order valence-corrected chi connectivity index (χ4v) is 13.0. The molecule has 0 saturated carbocycles. The van der Waals surface area contributed by atoms with Gasteiger partial charge in [0.05, 0.1) is 32.3 Å². The number of aromatic hydroxyl groups is 2. The second kappa shape index (κ2) is 46.2. The fourth-order valence-electron chi connectivity index (χ4n) is 13.0. The van der Waals surface area contributed by atoms with E-state index in [1.807, 2.05) is 0 Å². The average Bonchev–Trinajstić information content (AvgIpc) is 1.61. The van der Waals surface area contributed by atoms with Gasteiger partial charge >= 0.3 is 17.9 Å². The number of guanidine groups is 1. The standard InChI is InChI=1S/C76H104N18O26/c1-36(82-70(113)58(37(2)96)83-39(4)98)62(105)92-59(38(3)97)71(114)86-48(15-10-28-80-76(77)78)63(106)84-47-14-8-9-27-79-73(116)61(104)60(72(115)90-53(75(118)119)31-41-19-23-44(100)24-20-41)93-65(108)49(25-26-57(103)120-5)85-66(109)50(32-42-34-81-46-13-7-6-12-45(42)46)87-67(110)51(33-56(101)102)88-68(111)54(35-95)91-69(112)55-16-11-29-94(55)74(117)52(89-64(47)107)30-40-17-21-43(99)22-18-40/h6-7,12-13,17-24,34,36-38,47-55,58-61,81,95-97,99-100,104H,8-11,14-16,25-33,35H2,1-5H3,(H,79,116)(H,82,113)(H,83,98)(H,84,106)(H,85,109)(H,86,114)(H,87,110)(H,88,111)(H,89,107)(H,90,115)(H,91,112)(H,92,105)(H,93,108)(H,101,102)(H,118,119)(H4,77,78,80)/t36-,37-,38-,47-,48-,49-,50-,51-,52-,53-,54-,55-,58-,59-,60-,61-/m0/s1. The number of amides is 14. The number of ether oxygens (including phenoxy) is 1. The Morgan fingerprint density at radius 1 is 0.625 bits per heavy atom. The van der Waals surface area contributed by atoms with Crippen LogP contribution in [0.1, 0.15) is 109 Å². The van der Waals surface area contributed by atoms with Gasteiger partial charge < -0.3 is 136 Å². The molecule has 16 atom stereocenters. The highest BCUT2D eigenvalue weighted by Gasteiger charge is 2.43. The van der Waals surface area contributed by atoms with Crippen molar-refractivity contribution < 1.29 is 127 Å². The fraction of sp³-hybridized carbons (Fsp3) is 0.500. The number of nitrogens with zero attached hydrogens (tertiary/aromatic N) is 1. The number of carboxylic acids is 2. The summed E-state index contributed by atoms with van der Waals surface area (Å²) in [5.74, 6) is -22.5. The molecule has 4 aromatic rings. The van der Waals surface area contributed by atoms with Crippen LogP contribution in [0.5, 0.6) is 11.5 Å². The second-order valence-electron chi connectivity index (χ2n) is 28.8. The zero-order valence-corrected chi connectivity index (χ0v) is 66.2. The predicted molar refractivity (Wildman–Crippen MR) is 418 cm³/mol. The lowest BCUT2D eigenvalue weighted by atomic mass is 10.0. The summed E-state index contributed by atoms with van der Waals surface area (Å²) in [6.07, 6.45) is -10.1. The number of para-hydroxylation sites is 1. The van der Waals surface area contributed by atoms with Crippen molar-refractivity contribution in [1.29, 1.82) is 5.41 Å². The molecule has 0 unspecified atom stereocenters. The molecule has 120 heavy (non-hydrogen) atoms. The summed E-state index contributed by atoms with van der Waals surface area (Å²) in [4.78, 5) is 243. The molecule has 1 aromatic heterocycles. The molecule has 2 fully saturated rings. The number of esters is 1. The molecule has 14 amide bonds. The van der Waals surface area contributed by atoms with Crippen LogP contribution in [0.25, 0.3) is 10.9 Å². The van der Waals surface area contributed by atoms with Gasteiger partial charge in [-0.3, -0.25) is 82.1 Å². The number of fused-ring (bicyclic) bond motifs is 2. The lowest BCUT2D eigenvalue weighted by Gasteiger charge is -2.31. The van der Waals surface area contributed by atoms with Crippen molar-refractivity contribution in [1.82, 2.24) is 84.3 Å². The van der Waals surface area contributed by atoms with Gasteiger partial charge in [-0.2, -0.15) is 0 Å². The summed E-state index contributed by atoms with van der Waals surface area (Å²) in [5.41, 5.74) is 6.83. The molecule has 6 rings (SSSR count). The minimum atomic E-state index is -2.72. The molecular formula is C76H104N18O26. The SMILES string of the molecule is COC(=O)CC[C@@H]1NC(=O)[C@H](Cc2c[nH]c3ccccc23)NC(=O)[C@H](CC(=O)O)NC(=O)[C@H](CO)NC(=O)[C@@H]2CCCN2C(=O)[C@H](Cc2ccc(O)cc2)NC(=O)[C@@H](NC(=O)[C@H](CCCNC(=N)N)NC(=O)[C@@H](NC(=O)[C@H](C)NC(=O)[C@@H](NC(C)=O)[C@H](C)O)[C@H](C)O)CCCCNC(=O)[C@@H](O)[C@@H](C(=O)N[C@@H](Cc2ccc(O)cc2)C(=O)O)NC1=O. The lowest BCUT2D eigenvalue weighted by Crippen LogP contribution is -2.63. The third kappa shape index (κ3) is 29.2. The number of rotatable bonds is 30. The first-order chi connectivity index (χ1) is 56.8. The minimum absolute atomic E-state index is 0.0897. The van der Waals surface area contributed by atoms with Crippen molar-refractivity contribution in [3.05, 3.63) is 95.7 Å². The molecule has 0 spiro atoms. The molecule has 0 radical (unpaired) electrons. The number of hydrogen-bond acceptors (Lipinski definition) is 25. The van der Waals surface area contributed by atoms with Gasteiger partial charge in [-0.1, -0.05) is 42.5 Å². The summed E-state index contributed by atoms with van der Waals surface area (Å²) in [5, 5.41) is 126. The third-order valence-electron chi connectivity index (χ3n) is 19.4. The maximum Gasteiger partial charge on any atom is 0.326 e. The highest BCUT2D eigenvalue weighted by atomic mass is 16.5. The van der Waals surface area contributed by atoms with Gasteiger partial charge in [-0.15, -0.1) is 0 Å². The molecule has 44 nitrogen and oxygen atoms in total. The average molecular weight is 1690 g/mol. The van der Waals surface area contributed by atoms with Gasteiger partial charge in [-0.05, 0) is 119 Å². The number of aromatic nitrogens is 1. The Morgan fingerprint density at radius 3 is 1.82 bits per heavy atom. The number of H-pyrrole nitrogens is 1. The lowest BCUT2D eigenvalue weighted by molar-refractivity contribution is -0.145. The van der Waals surface area contributed by atoms with Crippen LogP contribution in [0.4, 0.5) is 0 Å². The minimum Gasteiger partial charge on any atom is -0.508 e. The van der Waals surface area contributed by atoms with Gasteiger partial charge in [0.2, 0.25) is 76.8 Å². The summed E-state index contributed by atoms with van der Waals surface area (Å²) in [6.45, 7) is 2.40. The number of carbonyl (C=O) groups is 17. The van der Waals surface area contributed by atoms with E-state index in [-0.39, 0.29) is 74.2 Å². The van der Waals surface area contributed by atoms with E-state index >= 15 is 9.59 Å². The van der Waals surface area contributed by atoms with Crippen LogP contribution in [0.15, 0.2) is 79.0 Å². The Kier molecular flexibility index (Phi) is 36.8. The molecule has 3 heterocycles. The van der Waals surface area contributed by atoms with Crippen LogP contribution in [-0.4, -0.2) is 288 Å². The van der Waals surface area contributed by atoms with Crippen molar-refractivity contribution in [2.45, 2.75) is 208 Å². The maximum absolute atomic E-state index is 15.3. The first-order valence-electron chi connectivity index (χ1n) is 38.3. The number of phenolic OH excluding ortho intramolecular Hbond substituents is 2. The molecule has 44 heteroatoms. The quantitative estimate of drug-likeness (QED) is 0.00998. The first-order valence-corrected chi connectivity index (χ1v) is 38.3. The van der Waals surface area contributed by atoms with Crippen LogP contribution in [0.2, 0.25) is 0 Å². The number of benzene rings is 3. The van der Waals surface area contributed by atoms with Gasteiger partial charge in [0.1, 0.15) is 90.0 Å². The molecule has 26 N–H and O–H groups in total. The van der Waals surface area contributed by atoms with Crippen molar-refractivity contribution >= 4 is 117 Å². The van der Waals surface area contributed by atoms with Gasteiger partial charge in [0, 0.05) is 69.3 Å². The highest BCUT2D eigenvalue weighted by Crippen LogP contribution is 2.24. The van der Waals surface area contributed by atoms with E-state index < -0.39 is 262 Å². The number of hydrogen-bond donors (Lipinski definition) is 25. The van der Waals surface area contributed by atoms with Crippen molar-refractivity contribution in [2.75, 3.05) is 33.4 Å². The summed E-state index contributed by atoms with van der Waals surface area (Å²) >= 11 is 0. The van der Waals surface area contributed by atoms with Crippen molar-refractivity contribution in [2.24, 2.45) is 5.73 Å². The van der Waals surface area contributed by atoms with E-state index in [0.29, 0.717) is 16.5 Å². The van der Waals surface area contributed by atoms with E-state index in [9.17, 15) is 113 Å². The number of aromatic amines is 1. The number of nitrogens with two attached hydrogens (primary N) is 1. The smallest absolute Gasteiger partial charge is 0.326 e. The highest BCUT2D eigenvalue weighted by molar-refractivity contribution is 6.02. The first kappa shape index (κ1) is 95.7. The zero-order chi connectivity index (χ0) is 88.8. The Labute approximate surface area is 686 Å². The number of aliphatic carboxylic acids is 2. The van der Waals surface area contributed by atoms with Crippen molar-refractivity contribution in [3.63, 3.8) is 0 Å². The molecule has 0 aliphatic carbocycles. The number of phenols is 2. The van der Waals surface area contributed by atoms with Gasteiger partial charge in [0.25, 0.3) is 5.91 Å². The van der Waals surface area contributed by atoms with Crippen LogP contribution in [-0.2, 0) is 106 Å². The molecular weight excluding hydrogens is 1580 g/mol. The maximum atomic E-state index is 15.3. The zero-order valence-electron chi connectivity index (χ0n) is 66.2. The number of carboxylic acid groups (broad SMARTS) is 2. The Balaban J connectivity index is 1.45. The van der Waals surface area contributed by atoms with Crippen LogP contribution in [0.3, 0.4) is 0 Å². The largest absolute Gasteiger partial charge is 0.508 e. The Bertz CT molecular complexity index is 4350. The number of aliphatic hydroxyl groups is 4. The van der Waals surface area contributed by atoms with E-state index in [0.717, 1.165) is 32.8 Å². The molecule has 3 aromatic carbocycles.